The largest absolute Gasteiger partial charge is 0.432 e. The van der Waals surface area contributed by atoms with Gasteiger partial charge in [0.2, 0.25) is 6.29 Å². The highest BCUT2D eigenvalue weighted by molar-refractivity contribution is 5.89. The van der Waals surface area contributed by atoms with Crippen LogP contribution in [-0.2, 0) is 4.74 Å². The predicted molar refractivity (Wildman–Crippen MR) is 72.5 cm³/mol. The molecule has 0 saturated heterocycles. The highest BCUT2D eigenvalue weighted by Gasteiger charge is 2.39. The number of hydrogen-bond acceptors (Lipinski definition) is 4. The zero-order valence-corrected chi connectivity index (χ0v) is 11.8. The van der Waals surface area contributed by atoms with Crippen LogP contribution in [0.1, 0.15) is 38.1 Å². The van der Waals surface area contributed by atoms with Crippen LogP contribution in [0.5, 0.6) is 0 Å². The van der Waals surface area contributed by atoms with Gasteiger partial charge in [-0.3, -0.25) is 0 Å². The second-order valence-corrected chi connectivity index (χ2v) is 5.63. The normalized spacial score (nSPS) is 15.1. The maximum Gasteiger partial charge on any atom is 0.340 e. The quantitative estimate of drug-likeness (QED) is 0.633. The molecule has 4 nitrogen and oxygen atoms in total. The van der Waals surface area contributed by atoms with Gasteiger partial charge in [0, 0.05) is 0 Å². The van der Waals surface area contributed by atoms with Gasteiger partial charge in [-0.15, -0.1) is 0 Å². The maximum absolute atomic E-state index is 11.8. The van der Waals surface area contributed by atoms with E-state index in [1.807, 2.05) is 13.8 Å². The van der Waals surface area contributed by atoms with Crippen LogP contribution in [0.15, 0.2) is 30.3 Å². The second kappa shape index (κ2) is 6.17. The fraction of sp³-hybridized carbons (Fsp3) is 0.533. The molecule has 1 aromatic carbocycles. The molecule has 2 N–H and O–H groups in total. The van der Waals surface area contributed by atoms with Gasteiger partial charge in [0.15, 0.2) is 0 Å². The van der Waals surface area contributed by atoms with Crippen LogP contribution in [0.3, 0.4) is 0 Å². The molecule has 0 fully saturated rings. The Kier molecular flexibility index (Phi) is 5.09. The smallest absolute Gasteiger partial charge is 0.340 e. The first-order chi connectivity index (χ1) is 8.76. The van der Waals surface area contributed by atoms with Crippen LogP contribution in [0.4, 0.5) is 0 Å². The molecule has 0 aromatic heterocycles. The van der Waals surface area contributed by atoms with Crippen molar-refractivity contribution in [2.45, 2.75) is 40.1 Å². The summed E-state index contributed by atoms with van der Waals surface area (Å²) < 4.78 is 5.03. The van der Waals surface area contributed by atoms with E-state index in [-0.39, 0.29) is 5.92 Å². The Morgan fingerprint density at radius 2 is 1.68 bits per heavy atom. The van der Waals surface area contributed by atoms with Crippen molar-refractivity contribution in [1.29, 1.82) is 0 Å². The number of carbonyl (C=O) groups excluding carboxylic acids is 1. The summed E-state index contributed by atoms with van der Waals surface area (Å²) in [5.41, 5.74) is -0.560. The molecule has 19 heavy (non-hydrogen) atoms. The van der Waals surface area contributed by atoms with Crippen molar-refractivity contribution < 1.29 is 19.7 Å². The van der Waals surface area contributed by atoms with Gasteiger partial charge in [0.25, 0.3) is 0 Å². The van der Waals surface area contributed by atoms with Gasteiger partial charge < -0.3 is 14.9 Å². The summed E-state index contributed by atoms with van der Waals surface area (Å²) in [5.74, 6) is -0.641. The van der Waals surface area contributed by atoms with Gasteiger partial charge in [-0.1, -0.05) is 45.9 Å². The summed E-state index contributed by atoms with van der Waals surface area (Å²) in [7, 11) is 0. The van der Waals surface area contributed by atoms with Crippen LogP contribution < -0.4 is 0 Å². The molecule has 0 amide bonds. The van der Waals surface area contributed by atoms with Gasteiger partial charge in [-0.2, -0.15) is 0 Å². The fourth-order valence-corrected chi connectivity index (χ4v) is 1.90. The number of aliphatic hydroxyl groups excluding tert-OH is 2. The van der Waals surface area contributed by atoms with Crippen molar-refractivity contribution in [3.63, 3.8) is 0 Å². The van der Waals surface area contributed by atoms with Crippen LogP contribution in [0, 0.1) is 11.3 Å². The Labute approximate surface area is 114 Å². The molecule has 0 aliphatic rings. The summed E-state index contributed by atoms with van der Waals surface area (Å²) in [6.07, 6.45) is -2.14. The lowest BCUT2D eigenvalue weighted by Gasteiger charge is -2.36. The van der Waals surface area contributed by atoms with E-state index in [1.165, 1.54) is 0 Å². The zero-order chi connectivity index (χ0) is 14.6. The van der Waals surface area contributed by atoms with E-state index in [0.29, 0.717) is 5.56 Å². The molecule has 106 valence electrons. The number of rotatable bonds is 5. The minimum atomic E-state index is -1.36. The average Bonchev–Trinajstić information content (AvgIpc) is 2.38. The zero-order valence-electron chi connectivity index (χ0n) is 11.8. The van der Waals surface area contributed by atoms with Crippen LogP contribution in [0.25, 0.3) is 0 Å². The lowest BCUT2D eigenvalue weighted by Crippen LogP contribution is -2.45. The second-order valence-electron chi connectivity index (χ2n) is 5.63. The average molecular weight is 266 g/mol. The molecular formula is C15H22O4. The van der Waals surface area contributed by atoms with Crippen molar-refractivity contribution in [3.05, 3.63) is 35.9 Å². The molecule has 0 radical (unpaired) electrons. The third kappa shape index (κ3) is 3.78. The minimum Gasteiger partial charge on any atom is -0.432 e. The van der Waals surface area contributed by atoms with Gasteiger partial charge in [0.1, 0.15) is 0 Å². The molecule has 4 heteroatoms. The third-order valence-electron chi connectivity index (χ3n) is 3.26. The molecule has 0 saturated carbocycles. The lowest BCUT2D eigenvalue weighted by molar-refractivity contribution is -0.173. The first kappa shape index (κ1) is 15.7. The van der Waals surface area contributed by atoms with Crippen LogP contribution in [0.2, 0.25) is 0 Å². The number of aliphatic hydroxyl groups is 2. The molecule has 1 rings (SSSR count). The maximum atomic E-state index is 11.8. The molecule has 0 aliphatic heterocycles. The minimum absolute atomic E-state index is 0.0416. The highest BCUT2D eigenvalue weighted by atomic mass is 16.6. The third-order valence-corrected chi connectivity index (χ3v) is 3.26. The standard InChI is InChI=1S/C15H22O4/c1-10(2)12(16)15(3,4)14(18)19-13(17)11-8-6-5-7-9-11/h5-10,12,14,16,18H,1-4H3. The summed E-state index contributed by atoms with van der Waals surface area (Å²) >= 11 is 0. The van der Waals surface area contributed by atoms with Crippen molar-refractivity contribution in [3.8, 4) is 0 Å². The molecule has 2 atom stereocenters. The Morgan fingerprint density at radius 3 is 2.16 bits per heavy atom. The Bertz CT molecular complexity index is 411. The first-order valence-corrected chi connectivity index (χ1v) is 6.39. The van der Waals surface area contributed by atoms with E-state index < -0.39 is 23.8 Å². The number of carbonyl (C=O) groups is 1. The van der Waals surface area contributed by atoms with Gasteiger partial charge >= 0.3 is 5.97 Å². The predicted octanol–water partition coefficient (Wildman–Crippen LogP) is 2.20. The lowest BCUT2D eigenvalue weighted by atomic mass is 9.80. The van der Waals surface area contributed by atoms with Crippen molar-refractivity contribution in [2.75, 3.05) is 0 Å². The molecule has 1 aromatic rings. The van der Waals surface area contributed by atoms with E-state index in [0.717, 1.165) is 0 Å². The number of esters is 1. The molecule has 0 spiro atoms. The van der Waals surface area contributed by atoms with Crippen LogP contribution >= 0.6 is 0 Å². The SMILES string of the molecule is CC(C)C(O)C(C)(C)C(O)OC(=O)c1ccccc1. The number of hydrogen-bond donors (Lipinski definition) is 2. The van der Waals surface area contributed by atoms with Gasteiger partial charge in [-0.25, -0.2) is 4.79 Å². The molecule has 0 heterocycles. The summed E-state index contributed by atoms with van der Waals surface area (Å²) in [6, 6.07) is 8.45. The van der Waals surface area contributed by atoms with Crippen molar-refractivity contribution >= 4 is 5.97 Å². The topological polar surface area (TPSA) is 66.8 Å². The Balaban J connectivity index is 2.74. The Hall–Kier alpha value is -1.39. The van der Waals surface area contributed by atoms with Crippen molar-refractivity contribution in [2.24, 2.45) is 11.3 Å². The monoisotopic (exact) mass is 266 g/mol. The Morgan fingerprint density at radius 1 is 1.16 bits per heavy atom. The van der Waals surface area contributed by atoms with Crippen LogP contribution in [-0.4, -0.2) is 28.6 Å². The van der Waals surface area contributed by atoms with E-state index in [1.54, 1.807) is 44.2 Å². The molecular weight excluding hydrogens is 244 g/mol. The molecule has 0 bridgehead atoms. The van der Waals surface area contributed by atoms with Gasteiger partial charge in [0.05, 0.1) is 17.1 Å². The van der Waals surface area contributed by atoms with Gasteiger partial charge in [-0.05, 0) is 18.1 Å². The molecule has 0 aliphatic carbocycles. The number of ether oxygens (including phenoxy) is 1. The first-order valence-electron chi connectivity index (χ1n) is 6.39. The van der Waals surface area contributed by atoms with E-state index in [2.05, 4.69) is 0 Å². The van der Waals surface area contributed by atoms with Crippen molar-refractivity contribution in [1.82, 2.24) is 0 Å². The highest BCUT2D eigenvalue weighted by Crippen LogP contribution is 2.31. The number of benzene rings is 1. The summed E-state index contributed by atoms with van der Waals surface area (Å²) in [4.78, 5) is 11.8. The van der Waals surface area contributed by atoms with E-state index in [9.17, 15) is 15.0 Å². The molecule has 2 unspecified atom stereocenters. The fourth-order valence-electron chi connectivity index (χ4n) is 1.90. The summed E-state index contributed by atoms with van der Waals surface area (Å²) in [5, 5.41) is 20.1. The van der Waals surface area contributed by atoms with E-state index in [4.69, 9.17) is 4.74 Å². The van der Waals surface area contributed by atoms with E-state index >= 15 is 0 Å². The summed E-state index contributed by atoms with van der Waals surface area (Å²) in [6.45, 7) is 7.03.